The molecule has 0 aromatic heterocycles. The summed E-state index contributed by atoms with van der Waals surface area (Å²) >= 11 is 0.908. The average molecular weight is 369 g/mol. The lowest BCUT2D eigenvalue weighted by Gasteiger charge is -2.12. The Labute approximate surface area is 144 Å². The summed E-state index contributed by atoms with van der Waals surface area (Å²) in [4.78, 5) is 12.4. The first-order chi connectivity index (χ1) is 10.5. The zero-order chi connectivity index (χ0) is 15.9. The van der Waals surface area contributed by atoms with Crippen molar-refractivity contribution in [2.45, 2.75) is 30.6 Å². The van der Waals surface area contributed by atoms with E-state index in [9.17, 15) is 18.0 Å². The maximum Gasteiger partial charge on any atom is 0.247 e. The number of hydrogen-bond acceptors (Lipinski definition) is 3. The van der Waals surface area contributed by atoms with Gasteiger partial charge < -0.3 is 10.6 Å². The van der Waals surface area contributed by atoms with Crippen molar-refractivity contribution in [1.82, 2.24) is 5.32 Å². The van der Waals surface area contributed by atoms with Gasteiger partial charge >= 0.3 is 0 Å². The Morgan fingerprint density at radius 1 is 1.43 bits per heavy atom. The summed E-state index contributed by atoms with van der Waals surface area (Å²) in [5.41, 5.74) is 0.264. The van der Waals surface area contributed by atoms with E-state index in [-0.39, 0.29) is 29.8 Å². The first-order valence-electron chi connectivity index (χ1n) is 7.25. The van der Waals surface area contributed by atoms with E-state index in [4.69, 9.17) is 0 Å². The van der Waals surface area contributed by atoms with Gasteiger partial charge in [-0.2, -0.15) is 0 Å². The Balaban J connectivity index is 0.00000264. The van der Waals surface area contributed by atoms with E-state index in [1.165, 1.54) is 18.2 Å². The number of thioether (sulfide) groups is 1. The van der Waals surface area contributed by atoms with Gasteiger partial charge in [-0.15, -0.1) is 24.2 Å². The van der Waals surface area contributed by atoms with Crippen LogP contribution in [-0.4, -0.2) is 31.2 Å². The van der Waals surface area contributed by atoms with E-state index in [1.807, 2.05) is 0 Å². The molecule has 0 saturated carbocycles. The van der Waals surface area contributed by atoms with Gasteiger partial charge in [-0.25, -0.2) is 13.2 Å². The Morgan fingerprint density at radius 2 is 2.22 bits per heavy atom. The summed E-state index contributed by atoms with van der Waals surface area (Å²) in [6.07, 6.45) is -0.272. The minimum absolute atomic E-state index is 0. The largest absolute Gasteiger partial charge is 0.325 e. The van der Waals surface area contributed by atoms with Crippen molar-refractivity contribution in [1.29, 1.82) is 0 Å². The van der Waals surface area contributed by atoms with Crippen molar-refractivity contribution in [2.24, 2.45) is 5.92 Å². The van der Waals surface area contributed by atoms with Gasteiger partial charge in [-0.1, -0.05) is 0 Å². The molecule has 1 saturated heterocycles. The van der Waals surface area contributed by atoms with Crippen molar-refractivity contribution in [2.75, 3.05) is 24.2 Å². The van der Waals surface area contributed by atoms with Crippen LogP contribution in [0, 0.1) is 11.7 Å². The summed E-state index contributed by atoms with van der Waals surface area (Å²) in [6.45, 7) is 1.90. The minimum Gasteiger partial charge on any atom is -0.325 e. The molecule has 1 unspecified atom stereocenters. The highest BCUT2D eigenvalue weighted by atomic mass is 35.5. The number of nitrogens with one attached hydrogen (secondary N) is 2. The van der Waals surface area contributed by atoms with Crippen LogP contribution in [0.2, 0.25) is 0 Å². The lowest BCUT2D eigenvalue weighted by molar-refractivity contribution is -0.116. The zero-order valence-corrected chi connectivity index (χ0v) is 14.1. The second kappa shape index (κ2) is 10.1. The third-order valence-electron chi connectivity index (χ3n) is 3.52. The molecule has 2 rings (SSSR count). The van der Waals surface area contributed by atoms with Gasteiger partial charge in [0.2, 0.25) is 12.3 Å². The van der Waals surface area contributed by atoms with Crippen LogP contribution in [-0.2, 0) is 4.79 Å². The Kier molecular flexibility index (Phi) is 8.79. The van der Waals surface area contributed by atoms with Crippen LogP contribution in [0.3, 0.4) is 0 Å². The number of anilines is 1. The molecule has 1 atom stereocenters. The molecule has 2 N–H and O–H groups in total. The minimum atomic E-state index is -2.45. The van der Waals surface area contributed by atoms with Gasteiger partial charge in [0.15, 0.2) is 0 Å². The standard InChI is InChI=1S/C15H19F3N2OS.ClH/c16-11-2-3-13(22-9-14(17)18)12(7-11)20-15(21)4-1-10-5-6-19-8-10;/h2-3,7,10,14,19H,1,4-6,8-9H2,(H,20,21);1H. The lowest BCUT2D eigenvalue weighted by Crippen LogP contribution is -2.15. The highest BCUT2D eigenvalue weighted by molar-refractivity contribution is 7.99. The van der Waals surface area contributed by atoms with E-state index in [1.54, 1.807) is 0 Å². The van der Waals surface area contributed by atoms with Crippen LogP contribution in [0.1, 0.15) is 19.3 Å². The second-order valence-electron chi connectivity index (χ2n) is 5.29. The summed E-state index contributed by atoms with van der Waals surface area (Å²) in [5, 5.41) is 5.87. The summed E-state index contributed by atoms with van der Waals surface area (Å²) < 4.78 is 37.9. The number of carbonyl (C=O) groups excluding carboxylic acids is 1. The first-order valence-corrected chi connectivity index (χ1v) is 8.24. The van der Waals surface area contributed by atoms with Crippen LogP contribution in [0.25, 0.3) is 0 Å². The molecular weight excluding hydrogens is 349 g/mol. The van der Waals surface area contributed by atoms with E-state index in [0.717, 1.165) is 37.7 Å². The Bertz CT molecular complexity index is 513. The molecule has 0 bridgehead atoms. The van der Waals surface area contributed by atoms with Gasteiger partial charge in [-0.05, 0) is 50.0 Å². The SMILES string of the molecule is Cl.O=C(CCC1CCNC1)Nc1cc(F)ccc1SCC(F)F. The smallest absolute Gasteiger partial charge is 0.247 e. The number of alkyl halides is 2. The molecule has 1 heterocycles. The molecule has 0 spiro atoms. The monoisotopic (exact) mass is 368 g/mol. The number of halogens is 4. The van der Waals surface area contributed by atoms with Crippen molar-refractivity contribution in [3.63, 3.8) is 0 Å². The van der Waals surface area contributed by atoms with Gasteiger partial charge in [0.05, 0.1) is 11.4 Å². The maximum atomic E-state index is 13.3. The second-order valence-corrected chi connectivity index (χ2v) is 6.35. The summed E-state index contributed by atoms with van der Waals surface area (Å²) in [6, 6.07) is 3.79. The predicted octanol–water partition coefficient (Wildman–Crippen LogP) is 3.93. The molecule has 1 aliphatic heterocycles. The van der Waals surface area contributed by atoms with E-state index >= 15 is 0 Å². The molecule has 23 heavy (non-hydrogen) atoms. The fourth-order valence-electron chi connectivity index (χ4n) is 2.39. The Morgan fingerprint density at radius 3 is 2.87 bits per heavy atom. The first kappa shape index (κ1) is 20.1. The van der Waals surface area contributed by atoms with Crippen molar-refractivity contribution in [3.8, 4) is 0 Å². The molecule has 1 aromatic rings. The van der Waals surface area contributed by atoms with Crippen molar-refractivity contribution in [3.05, 3.63) is 24.0 Å². The quantitative estimate of drug-likeness (QED) is 0.716. The van der Waals surface area contributed by atoms with Gasteiger partial charge in [0.1, 0.15) is 5.82 Å². The number of amides is 1. The summed E-state index contributed by atoms with van der Waals surface area (Å²) in [7, 11) is 0. The molecule has 1 amide bonds. The maximum absolute atomic E-state index is 13.3. The highest BCUT2D eigenvalue weighted by Crippen LogP contribution is 2.29. The fourth-order valence-corrected chi connectivity index (χ4v) is 3.12. The van der Waals surface area contributed by atoms with Gasteiger partial charge in [0.25, 0.3) is 0 Å². The highest BCUT2D eigenvalue weighted by Gasteiger charge is 2.16. The van der Waals surface area contributed by atoms with Gasteiger partial charge in [0, 0.05) is 11.3 Å². The molecule has 8 heteroatoms. The average Bonchev–Trinajstić information content (AvgIpc) is 2.97. The van der Waals surface area contributed by atoms with E-state index in [2.05, 4.69) is 10.6 Å². The number of benzene rings is 1. The normalized spacial score (nSPS) is 17.1. The topological polar surface area (TPSA) is 41.1 Å². The molecule has 1 aromatic carbocycles. The number of rotatable bonds is 7. The molecule has 1 aliphatic rings. The van der Waals surface area contributed by atoms with E-state index < -0.39 is 12.2 Å². The van der Waals surface area contributed by atoms with Crippen LogP contribution in [0.15, 0.2) is 23.1 Å². The van der Waals surface area contributed by atoms with Crippen LogP contribution in [0.5, 0.6) is 0 Å². The van der Waals surface area contributed by atoms with Crippen LogP contribution >= 0.6 is 24.2 Å². The fraction of sp³-hybridized carbons (Fsp3) is 0.533. The molecule has 3 nitrogen and oxygen atoms in total. The molecule has 130 valence electrons. The molecule has 0 radical (unpaired) electrons. The number of carbonyl (C=O) groups is 1. The zero-order valence-electron chi connectivity index (χ0n) is 12.5. The predicted molar refractivity (Wildman–Crippen MR) is 89.2 cm³/mol. The third kappa shape index (κ3) is 7.01. The molecule has 0 aliphatic carbocycles. The van der Waals surface area contributed by atoms with Crippen molar-refractivity contribution >= 4 is 35.8 Å². The van der Waals surface area contributed by atoms with E-state index in [0.29, 0.717) is 17.2 Å². The summed E-state index contributed by atoms with van der Waals surface area (Å²) in [5.74, 6) is -0.610. The lowest BCUT2D eigenvalue weighted by atomic mass is 10.0. The van der Waals surface area contributed by atoms with Crippen LogP contribution < -0.4 is 10.6 Å². The number of hydrogen-bond donors (Lipinski definition) is 2. The molecule has 1 fully saturated rings. The van der Waals surface area contributed by atoms with Crippen LogP contribution in [0.4, 0.5) is 18.9 Å². The van der Waals surface area contributed by atoms with Gasteiger partial charge in [-0.3, -0.25) is 4.79 Å². The molecular formula is C15H20ClF3N2OS. The Hall–Kier alpha value is -0.920. The third-order valence-corrected chi connectivity index (χ3v) is 4.61. The van der Waals surface area contributed by atoms with Crippen molar-refractivity contribution < 1.29 is 18.0 Å².